The van der Waals surface area contributed by atoms with Crippen LogP contribution in [0.2, 0.25) is 0 Å². The number of hydrogen-bond donors (Lipinski definition) is 1. The van der Waals surface area contributed by atoms with E-state index >= 15 is 0 Å². The number of rotatable bonds is 2. The molecule has 3 heteroatoms. The minimum atomic E-state index is 0.909. The Kier molecular flexibility index (Phi) is 3.79. The number of likely N-dealkylation sites (N-methyl/N-ethyl adjacent to an activating group) is 1. The summed E-state index contributed by atoms with van der Waals surface area (Å²) in [4.78, 5) is 5.06. The summed E-state index contributed by atoms with van der Waals surface area (Å²) in [5.41, 5.74) is 0. The second-order valence-electron chi connectivity index (χ2n) is 4.82. The van der Waals surface area contributed by atoms with Crippen LogP contribution in [0, 0.1) is 5.92 Å². The third kappa shape index (κ3) is 2.94. The third-order valence-electron chi connectivity index (χ3n) is 3.51. The second kappa shape index (κ2) is 5.10. The summed E-state index contributed by atoms with van der Waals surface area (Å²) >= 11 is 0. The van der Waals surface area contributed by atoms with E-state index in [1.807, 2.05) is 0 Å². The molecule has 0 aliphatic carbocycles. The summed E-state index contributed by atoms with van der Waals surface area (Å²) < 4.78 is 0. The van der Waals surface area contributed by atoms with E-state index < -0.39 is 0 Å². The van der Waals surface area contributed by atoms with Gasteiger partial charge in [0.2, 0.25) is 0 Å². The molecule has 1 atom stereocenters. The lowest BCUT2D eigenvalue weighted by Crippen LogP contribution is -2.47. The number of nitrogens with zero attached hydrogens (tertiary/aromatic N) is 2. The molecular weight excluding hydrogens is 174 g/mol. The van der Waals surface area contributed by atoms with Crippen LogP contribution in [0.4, 0.5) is 0 Å². The number of piperidine rings is 1. The van der Waals surface area contributed by atoms with Crippen LogP contribution in [0.15, 0.2) is 0 Å². The van der Waals surface area contributed by atoms with Gasteiger partial charge in [0.15, 0.2) is 0 Å². The molecule has 2 heterocycles. The van der Waals surface area contributed by atoms with Gasteiger partial charge in [-0.2, -0.15) is 0 Å². The van der Waals surface area contributed by atoms with Gasteiger partial charge >= 0.3 is 0 Å². The van der Waals surface area contributed by atoms with Gasteiger partial charge in [0.05, 0.1) is 0 Å². The van der Waals surface area contributed by atoms with Crippen LogP contribution in [0.3, 0.4) is 0 Å². The van der Waals surface area contributed by atoms with E-state index in [4.69, 9.17) is 0 Å². The zero-order chi connectivity index (χ0) is 9.80. The summed E-state index contributed by atoms with van der Waals surface area (Å²) in [7, 11) is 2.22. The Morgan fingerprint density at radius 2 is 2.00 bits per heavy atom. The van der Waals surface area contributed by atoms with Crippen molar-refractivity contribution in [3.8, 4) is 0 Å². The maximum atomic E-state index is 3.50. The van der Waals surface area contributed by atoms with Gasteiger partial charge in [-0.15, -0.1) is 0 Å². The smallest absolute Gasteiger partial charge is 0.0110 e. The lowest BCUT2D eigenvalue weighted by molar-refractivity contribution is 0.129. The molecule has 1 unspecified atom stereocenters. The summed E-state index contributed by atoms with van der Waals surface area (Å²) in [6.45, 7) is 8.84. The van der Waals surface area contributed by atoms with Crippen molar-refractivity contribution in [3.63, 3.8) is 0 Å². The normalized spacial score (nSPS) is 31.9. The third-order valence-corrected chi connectivity index (χ3v) is 3.51. The van der Waals surface area contributed by atoms with Crippen LogP contribution in [-0.2, 0) is 0 Å². The number of nitrogens with one attached hydrogen (secondary N) is 1. The Bertz CT molecular complexity index is 158. The second-order valence-corrected chi connectivity index (χ2v) is 4.82. The Labute approximate surface area is 87.4 Å². The highest BCUT2D eigenvalue weighted by atomic mass is 15.2. The minimum Gasteiger partial charge on any atom is -0.316 e. The number of piperazine rings is 1. The standard InChI is InChI=1S/C11H23N3/c1-13-5-7-14(8-6-13)10-11-3-2-4-12-9-11/h11-12H,2-10H2,1H3. The first-order valence-corrected chi connectivity index (χ1v) is 5.96. The maximum absolute atomic E-state index is 3.50. The molecule has 0 saturated carbocycles. The first-order valence-electron chi connectivity index (χ1n) is 5.96. The molecule has 82 valence electrons. The molecule has 0 radical (unpaired) electrons. The molecule has 0 aromatic heterocycles. The number of hydrogen-bond acceptors (Lipinski definition) is 3. The van der Waals surface area contributed by atoms with Crippen LogP contribution in [0.25, 0.3) is 0 Å². The van der Waals surface area contributed by atoms with E-state index in [1.165, 1.54) is 58.7 Å². The summed E-state index contributed by atoms with van der Waals surface area (Å²) in [6, 6.07) is 0. The van der Waals surface area contributed by atoms with Gasteiger partial charge in [-0.05, 0) is 38.9 Å². The molecule has 0 aromatic rings. The van der Waals surface area contributed by atoms with E-state index in [-0.39, 0.29) is 0 Å². The quantitative estimate of drug-likeness (QED) is 0.684. The van der Waals surface area contributed by atoms with E-state index in [0.29, 0.717) is 0 Å². The zero-order valence-corrected chi connectivity index (χ0v) is 9.34. The molecule has 0 aromatic carbocycles. The van der Waals surface area contributed by atoms with Crippen molar-refractivity contribution in [2.45, 2.75) is 12.8 Å². The topological polar surface area (TPSA) is 18.5 Å². The predicted octanol–water partition coefficient (Wildman–Crippen LogP) is 0.233. The zero-order valence-electron chi connectivity index (χ0n) is 9.34. The Hall–Kier alpha value is -0.120. The van der Waals surface area contributed by atoms with Crippen LogP contribution >= 0.6 is 0 Å². The van der Waals surface area contributed by atoms with Crippen LogP contribution in [0.5, 0.6) is 0 Å². The molecular formula is C11H23N3. The minimum absolute atomic E-state index is 0.909. The van der Waals surface area contributed by atoms with Gasteiger partial charge in [-0.1, -0.05) is 0 Å². The van der Waals surface area contributed by atoms with Gasteiger partial charge in [0, 0.05) is 32.7 Å². The summed E-state index contributed by atoms with van der Waals surface area (Å²) in [6.07, 6.45) is 2.80. The van der Waals surface area contributed by atoms with Crippen molar-refractivity contribution in [2.24, 2.45) is 5.92 Å². The van der Waals surface area contributed by atoms with Crippen LogP contribution < -0.4 is 5.32 Å². The van der Waals surface area contributed by atoms with Crippen molar-refractivity contribution in [3.05, 3.63) is 0 Å². The molecule has 0 amide bonds. The molecule has 2 aliphatic rings. The average Bonchev–Trinajstić information content (AvgIpc) is 2.23. The summed E-state index contributed by atoms with van der Waals surface area (Å²) in [5.74, 6) is 0.909. The maximum Gasteiger partial charge on any atom is 0.0110 e. The van der Waals surface area contributed by atoms with E-state index in [9.17, 15) is 0 Å². The molecule has 14 heavy (non-hydrogen) atoms. The first kappa shape index (κ1) is 10.4. The van der Waals surface area contributed by atoms with E-state index in [1.54, 1.807) is 0 Å². The fourth-order valence-corrected chi connectivity index (χ4v) is 2.48. The highest BCUT2D eigenvalue weighted by Crippen LogP contribution is 2.12. The van der Waals surface area contributed by atoms with Gasteiger partial charge in [0.1, 0.15) is 0 Å². The lowest BCUT2D eigenvalue weighted by atomic mass is 9.99. The van der Waals surface area contributed by atoms with Gasteiger partial charge in [-0.25, -0.2) is 0 Å². The van der Waals surface area contributed by atoms with Crippen molar-refractivity contribution in [2.75, 3.05) is 52.9 Å². The molecule has 0 bridgehead atoms. The van der Waals surface area contributed by atoms with Crippen LogP contribution in [-0.4, -0.2) is 62.7 Å². The van der Waals surface area contributed by atoms with Crippen molar-refractivity contribution >= 4 is 0 Å². The van der Waals surface area contributed by atoms with Crippen molar-refractivity contribution in [1.82, 2.24) is 15.1 Å². The molecule has 3 nitrogen and oxygen atoms in total. The fourth-order valence-electron chi connectivity index (χ4n) is 2.48. The Balaban J connectivity index is 1.68. The SMILES string of the molecule is CN1CCN(CC2CCCNC2)CC1. The fraction of sp³-hybridized carbons (Fsp3) is 1.00. The molecule has 1 N–H and O–H groups in total. The van der Waals surface area contributed by atoms with Crippen molar-refractivity contribution in [1.29, 1.82) is 0 Å². The molecule has 2 saturated heterocycles. The highest BCUT2D eigenvalue weighted by Gasteiger charge is 2.19. The highest BCUT2D eigenvalue weighted by molar-refractivity contribution is 4.76. The Morgan fingerprint density at radius 1 is 1.21 bits per heavy atom. The molecule has 2 rings (SSSR count). The lowest BCUT2D eigenvalue weighted by Gasteiger charge is -2.35. The molecule has 0 spiro atoms. The predicted molar refractivity (Wildman–Crippen MR) is 59.5 cm³/mol. The van der Waals surface area contributed by atoms with Crippen LogP contribution in [0.1, 0.15) is 12.8 Å². The van der Waals surface area contributed by atoms with E-state index in [2.05, 4.69) is 22.2 Å². The summed E-state index contributed by atoms with van der Waals surface area (Å²) in [5, 5.41) is 3.50. The average molecular weight is 197 g/mol. The molecule has 2 aliphatic heterocycles. The Morgan fingerprint density at radius 3 is 2.64 bits per heavy atom. The van der Waals surface area contributed by atoms with E-state index in [0.717, 1.165) is 5.92 Å². The van der Waals surface area contributed by atoms with Gasteiger partial charge in [0.25, 0.3) is 0 Å². The van der Waals surface area contributed by atoms with Crippen molar-refractivity contribution < 1.29 is 0 Å². The first-order chi connectivity index (χ1) is 6.84. The largest absolute Gasteiger partial charge is 0.316 e. The van der Waals surface area contributed by atoms with Gasteiger partial charge in [-0.3, -0.25) is 0 Å². The molecule has 2 fully saturated rings. The van der Waals surface area contributed by atoms with Gasteiger partial charge < -0.3 is 15.1 Å². The monoisotopic (exact) mass is 197 g/mol.